The van der Waals surface area contributed by atoms with Crippen molar-refractivity contribution in [2.45, 2.75) is 45.1 Å². The summed E-state index contributed by atoms with van der Waals surface area (Å²) in [5.41, 5.74) is -1.10. The largest absolute Gasteiger partial charge is 0.382 e. The van der Waals surface area contributed by atoms with Crippen molar-refractivity contribution in [2.24, 2.45) is 5.92 Å². The van der Waals surface area contributed by atoms with Crippen LogP contribution < -0.4 is 0 Å². The van der Waals surface area contributed by atoms with Crippen LogP contribution in [0.4, 0.5) is 0 Å². The summed E-state index contributed by atoms with van der Waals surface area (Å²) >= 11 is 0. The van der Waals surface area contributed by atoms with Crippen molar-refractivity contribution in [3.63, 3.8) is 0 Å². The number of rotatable bonds is 4. The number of ketones is 1. The number of hydrogen-bond acceptors (Lipinski definition) is 3. The van der Waals surface area contributed by atoms with Gasteiger partial charge in [0.05, 0.1) is 0 Å². The number of Topliss-reactive ketones (excluding diaryl/α,β-unsaturated/α-hetero) is 1. The first kappa shape index (κ1) is 11.7. The third kappa shape index (κ3) is 2.34. The van der Waals surface area contributed by atoms with Gasteiger partial charge in [-0.15, -0.1) is 0 Å². The zero-order valence-corrected chi connectivity index (χ0v) is 9.08. The lowest BCUT2D eigenvalue weighted by Gasteiger charge is -2.30. The van der Waals surface area contributed by atoms with Gasteiger partial charge in [-0.25, -0.2) is 0 Å². The molecule has 0 aromatic rings. The molecule has 1 aliphatic heterocycles. The number of hydrogen-bond donors (Lipinski definition) is 1. The van der Waals surface area contributed by atoms with Crippen LogP contribution in [-0.4, -0.2) is 29.7 Å². The summed E-state index contributed by atoms with van der Waals surface area (Å²) in [7, 11) is 0. The number of carbonyl (C=O) groups excluding carboxylic acids is 1. The summed E-state index contributed by atoms with van der Waals surface area (Å²) in [5, 5.41) is 10.1. The third-order valence-electron chi connectivity index (χ3n) is 3.22. The molecule has 0 aromatic heterocycles. The van der Waals surface area contributed by atoms with E-state index in [1.165, 1.54) is 0 Å². The molecule has 1 aliphatic rings. The molecule has 0 bridgehead atoms. The maximum absolute atomic E-state index is 12.0. The molecule has 82 valence electrons. The molecule has 1 rings (SSSR count). The second kappa shape index (κ2) is 4.89. The highest BCUT2D eigenvalue weighted by atomic mass is 16.5. The Hall–Kier alpha value is -0.410. The molecule has 0 spiro atoms. The highest BCUT2D eigenvalue weighted by Gasteiger charge is 2.37. The zero-order chi connectivity index (χ0) is 10.6. The lowest BCUT2D eigenvalue weighted by atomic mass is 9.81. The second-order valence-electron chi connectivity index (χ2n) is 3.99. The molecule has 0 unspecified atom stereocenters. The van der Waals surface area contributed by atoms with E-state index < -0.39 is 5.60 Å². The molecule has 0 radical (unpaired) electrons. The van der Waals surface area contributed by atoms with Gasteiger partial charge in [-0.1, -0.05) is 13.8 Å². The maximum atomic E-state index is 12.0. The molecule has 0 aromatic carbocycles. The first-order valence-electron chi connectivity index (χ1n) is 5.48. The fourth-order valence-corrected chi connectivity index (χ4v) is 1.94. The van der Waals surface area contributed by atoms with Gasteiger partial charge >= 0.3 is 0 Å². The minimum Gasteiger partial charge on any atom is -0.382 e. The van der Waals surface area contributed by atoms with Crippen molar-refractivity contribution in [3.05, 3.63) is 0 Å². The normalized spacial score (nSPS) is 19.6. The first-order valence-corrected chi connectivity index (χ1v) is 5.48. The van der Waals surface area contributed by atoms with Crippen LogP contribution in [-0.2, 0) is 9.53 Å². The molecule has 0 amide bonds. The average molecular weight is 200 g/mol. The van der Waals surface area contributed by atoms with E-state index in [4.69, 9.17) is 4.74 Å². The number of aliphatic hydroxyl groups is 1. The SMILES string of the molecule is CCC(O)(CC)C(=O)C1CCOCC1. The van der Waals surface area contributed by atoms with Gasteiger partial charge in [0.15, 0.2) is 5.78 Å². The maximum Gasteiger partial charge on any atom is 0.167 e. The van der Waals surface area contributed by atoms with Gasteiger partial charge in [-0.05, 0) is 25.7 Å². The van der Waals surface area contributed by atoms with Crippen LogP contribution >= 0.6 is 0 Å². The summed E-state index contributed by atoms with van der Waals surface area (Å²) in [6, 6.07) is 0. The van der Waals surface area contributed by atoms with Crippen molar-refractivity contribution >= 4 is 5.78 Å². The highest BCUT2D eigenvalue weighted by molar-refractivity contribution is 5.89. The summed E-state index contributed by atoms with van der Waals surface area (Å²) in [6.45, 7) is 5.03. The minimum absolute atomic E-state index is 0.00801. The topological polar surface area (TPSA) is 46.5 Å². The van der Waals surface area contributed by atoms with E-state index in [0.29, 0.717) is 26.1 Å². The molecule has 0 aliphatic carbocycles. The van der Waals surface area contributed by atoms with Crippen LogP contribution in [0.15, 0.2) is 0 Å². The van der Waals surface area contributed by atoms with Crippen LogP contribution in [0, 0.1) is 5.92 Å². The Bertz CT molecular complexity index is 191. The number of carbonyl (C=O) groups is 1. The summed E-state index contributed by atoms with van der Waals surface area (Å²) in [5.74, 6) is 0.0273. The van der Waals surface area contributed by atoms with Gasteiger partial charge in [0, 0.05) is 19.1 Å². The molecule has 0 saturated carbocycles. The molecule has 3 nitrogen and oxygen atoms in total. The van der Waals surface area contributed by atoms with E-state index in [2.05, 4.69) is 0 Å². The fourth-order valence-electron chi connectivity index (χ4n) is 1.94. The molecule has 1 heterocycles. The van der Waals surface area contributed by atoms with Crippen molar-refractivity contribution in [1.82, 2.24) is 0 Å². The van der Waals surface area contributed by atoms with Gasteiger partial charge in [0.2, 0.25) is 0 Å². The summed E-state index contributed by atoms with van der Waals surface area (Å²) in [6.07, 6.45) is 2.56. The van der Waals surface area contributed by atoms with E-state index in [0.717, 1.165) is 12.8 Å². The van der Waals surface area contributed by atoms with Gasteiger partial charge in [0.1, 0.15) is 5.60 Å². The first-order chi connectivity index (χ1) is 6.64. The lowest BCUT2D eigenvalue weighted by Crippen LogP contribution is -2.43. The van der Waals surface area contributed by atoms with Crippen LogP contribution in [0.1, 0.15) is 39.5 Å². The molecular formula is C11H20O3. The average Bonchev–Trinajstić information content (AvgIpc) is 2.28. The Balaban J connectivity index is 2.61. The molecule has 3 heteroatoms. The lowest BCUT2D eigenvalue weighted by molar-refractivity contribution is -0.145. The monoisotopic (exact) mass is 200 g/mol. The Morgan fingerprint density at radius 2 is 1.86 bits per heavy atom. The fraction of sp³-hybridized carbons (Fsp3) is 0.909. The molecule has 14 heavy (non-hydrogen) atoms. The molecule has 0 atom stereocenters. The molecule has 1 N–H and O–H groups in total. The predicted octanol–water partition coefficient (Wildman–Crippen LogP) is 1.53. The standard InChI is InChI=1S/C11H20O3/c1-3-11(13,4-2)10(12)9-5-7-14-8-6-9/h9,13H,3-8H2,1-2H3. The van der Waals surface area contributed by atoms with Gasteiger partial charge in [-0.2, -0.15) is 0 Å². The van der Waals surface area contributed by atoms with Crippen molar-refractivity contribution in [3.8, 4) is 0 Å². The zero-order valence-electron chi connectivity index (χ0n) is 9.08. The predicted molar refractivity (Wildman–Crippen MR) is 54.1 cm³/mol. The number of ether oxygens (including phenoxy) is 1. The second-order valence-corrected chi connectivity index (χ2v) is 3.99. The molecular weight excluding hydrogens is 180 g/mol. The highest BCUT2D eigenvalue weighted by Crippen LogP contribution is 2.26. The van der Waals surface area contributed by atoms with Gasteiger partial charge < -0.3 is 9.84 Å². The Kier molecular flexibility index (Phi) is 4.08. The van der Waals surface area contributed by atoms with E-state index >= 15 is 0 Å². The Labute approximate surface area is 85.5 Å². The van der Waals surface area contributed by atoms with Crippen molar-refractivity contribution in [1.29, 1.82) is 0 Å². The van der Waals surface area contributed by atoms with E-state index in [1.807, 2.05) is 13.8 Å². The van der Waals surface area contributed by atoms with Gasteiger partial charge in [-0.3, -0.25) is 4.79 Å². The quantitative estimate of drug-likeness (QED) is 0.748. The van der Waals surface area contributed by atoms with Crippen LogP contribution in [0.3, 0.4) is 0 Å². The minimum atomic E-state index is -1.10. The van der Waals surface area contributed by atoms with Crippen LogP contribution in [0.5, 0.6) is 0 Å². The Morgan fingerprint density at radius 3 is 2.29 bits per heavy atom. The van der Waals surface area contributed by atoms with E-state index in [-0.39, 0.29) is 11.7 Å². The van der Waals surface area contributed by atoms with Crippen molar-refractivity contribution in [2.75, 3.05) is 13.2 Å². The van der Waals surface area contributed by atoms with Gasteiger partial charge in [0.25, 0.3) is 0 Å². The van der Waals surface area contributed by atoms with Crippen LogP contribution in [0.2, 0.25) is 0 Å². The molecule has 1 fully saturated rings. The molecule has 1 saturated heterocycles. The summed E-state index contributed by atoms with van der Waals surface area (Å²) in [4.78, 5) is 12.0. The Morgan fingerprint density at radius 1 is 1.36 bits per heavy atom. The van der Waals surface area contributed by atoms with E-state index in [1.54, 1.807) is 0 Å². The summed E-state index contributed by atoms with van der Waals surface area (Å²) < 4.78 is 5.20. The van der Waals surface area contributed by atoms with E-state index in [9.17, 15) is 9.90 Å². The third-order valence-corrected chi connectivity index (χ3v) is 3.22. The smallest absolute Gasteiger partial charge is 0.167 e. The van der Waals surface area contributed by atoms with Crippen LogP contribution in [0.25, 0.3) is 0 Å². The van der Waals surface area contributed by atoms with Crippen molar-refractivity contribution < 1.29 is 14.6 Å².